The van der Waals surface area contributed by atoms with Crippen LogP contribution in [0, 0.1) is 11.3 Å². The summed E-state index contributed by atoms with van der Waals surface area (Å²) in [5.41, 5.74) is 1.83. The van der Waals surface area contributed by atoms with Crippen molar-refractivity contribution in [1.82, 2.24) is 0 Å². The molecule has 0 bridgehead atoms. The average Bonchev–Trinajstić information content (AvgIpc) is 2.77. The van der Waals surface area contributed by atoms with Gasteiger partial charge in [-0.25, -0.2) is 0 Å². The van der Waals surface area contributed by atoms with E-state index in [0.717, 1.165) is 5.57 Å². The van der Waals surface area contributed by atoms with Gasteiger partial charge in [0, 0.05) is 17.1 Å². The molecule has 0 aromatic rings. The van der Waals surface area contributed by atoms with E-state index in [1.165, 1.54) is 12.2 Å². The fraction of sp³-hybridized carbons (Fsp3) is 0.375. The van der Waals surface area contributed by atoms with Gasteiger partial charge in [0.2, 0.25) is 0 Å². The van der Waals surface area contributed by atoms with Crippen LogP contribution in [0.4, 0.5) is 0 Å². The van der Waals surface area contributed by atoms with Crippen molar-refractivity contribution < 1.29 is 14.3 Å². The minimum absolute atomic E-state index is 0.0343. The summed E-state index contributed by atoms with van der Waals surface area (Å²) in [7, 11) is 0. The van der Waals surface area contributed by atoms with E-state index < -0.39 is 0 Å². The van der Waals surface area contributed by atoms with Gasteiger partial charge in [-0.2, -0.15) is 0 Å². The van der Waals surface area contributed by atoms with Gasteiger partial charge in [0.1, 0.15) is 0 Å². The molecule has 98 valence electrons. The van der Waals surface area contributed by atoms with Crippen LogP contribution in [0.1, 0.15) is 13.3 Å². The van der Waals surface area contributed by atoms with Gasteiger partial charge in [-0.15, -0.1) is 6.58 Å². The molecule has 2 aliphatic carbocycles. The lowest BCUT2D eigenvalue weighted by atomic mass is 9.61. The number of fused-ring (bicyclic) bond motifs is 2. The van der Waals surface area contributed by atoms with Gasteiger partial charge in [0.05, 0.1) is 12.7 Å². The predicted octanol–water partition coefficient (Wildman–Crippen LogP) is 2.16. The molecule has 0 N–H and O–H groups in total. The maximum absolute atomic E-state index is 12.1. The maximum Gasteiger partial charge on any atom is 0.185 e. The summed E-state index contributed by atoms with van der Waals surface area (Å²) >= 11 is 0. The smallest absolute Gasteiger partial charge is 0.185 e. The molecule has 1 saturated heterocycles. The Hall–Kier alpha value is -1.74. The second-order valence-corrected chi connectivity index (χ2v) is 5.71. The van der Waals surface area contributed by atoms with Crippen LogP contribution >= 0.6 is 0 Å². The summed E-state index contributed by atoms with van der Waals surface area (Å²) in [6.07, 6.45) is 4.75. The number of carbonyl (C=O) groups excluding carboxylic acids is 2. The van der Waals surface area contributed by atoms with Crippen molar-refractivity contribution >= 4 is 11.6 Å². The summed E-state index contributed by atoms with van der Waals surface area (Å²) < 4.78 is 5.74. The highest BCUT2D eigenvalue weighted by Gasteiger charge is 2.52. The van der Waals surface area contributed by atoms with E-state index in [1.807, 2.05) is 6.08 Å². The third-order valence-corrected chi connectivity index (χ3v) is 4.48. The minimum atomic E-state index is -0.347. The van der Waals surface area contributed by atoms with Gasteiger partial charge in [-0.1, -0.05) is 19.6 Å². The monoisotopic (exact) mass is 256 g/mol. The zero-order valence-corrected chi connectivity index (χ0v) is 10.9. The Bertz CT molecular complexity index is 579. The zero-order valence-electron chi connectivity index (χ0n) is 10.9. The van der Waals surface area contributed by atoms with Crippen LogP contribution in [0.2, 0.25) is 0 Å². The molecule has 0 unspecified atom stereocenters. The molecule has 3 heteroatoms. The number of carbonyl (C=O) groups is 2. The number of hydrogen-bond donors (Lipinski definition) is 0. The van der Waals surface area contributed by atoms with Crippen molar-refractivity contribution in [3.63, 3.8) is 0 Å². The average molecular weight is 256 g/mol. The molecule has 3 rings (SSSR count). The van der Waals surface area contributed by atoms with Crippen LogP contribution in [-0.2, 0) is 14.3 Å². The predicted molar refractivity (Wildman–Crippen MR) is 71.5 cm³/mol. The quantitative estimate of drug-likeness (QED) is 0.533. The van der Waals surface area contributed by atoms with Gasteiger partial charge in [-0.05, 0) is 29.6 Å². The van der Waals surface area contributed by atoms with Crippen molar-refractivity contribution in [1.29, 1.82) is 0 Å². The second-order valence-electron chi connectivity index (χ2n) is 5.71. The van der Waals surface area contributed by atoms with Crippen molar-refractivity contribution in [2.75, 3.05) is 6.61 Å². The third kappa shape index (κ3) is 1.55. The lowest BCUT2D eigenvalue weighted by molar-refractivity contribution is -0.117. The summed E-state index contributed by atoms with van der Waals surface area (Å²) in [5, 5.41) is 0. The molecule has 0 radical (unpaired) electrons. The van der Waals surface area contributed by atoms with E-state index in [4.69, 9.17) is 4.74 Å². The molecule has 0 saturated carbocycles. The molecule has 0 spiro atoms. The van der Waals surface area contributed by atoms with Crippen LogP contribution in [0.5, 0.6) is 0 Å². The summed E-state index contributed by atoms with van der Waals surface area (Å²) in [5.74, 6) is -0.153. The number of rotatable bonds is 1. The fourth-order valence-corrected chi connectivity index (χ4v) is 3.47. The SMILES string of the molecule is C=C[C@@]1(C)CC2=C(C(=O)C=CC2=O)[C@H]2OCC(=C)[C@H]21. The molecule has 0 amide bonds. The van der Waals surface area contributed by atoms with Gasteiger partial charge < -0.3 is 4.74 Å². The van der Waals surface area contributed by atoms with Crippen molar-refractivity contribution in [3.05, 3.63) is 48.1 Å². The highest BCUT2D eigenvalue weighted by atomic mass is 16.5. The Balaban J connectivity index is 2.19. The van der Waals surface area contributed by atoms with Crippen LogP contribution in [0.15, 0.2) is 48.1 Å². The van der Waals surface area contributed by atoms with Crippen molar-refractivity contribution in [3.8, 4) is 0 Å². The molecule has 19 heavy (non-hydrogen) atoms. The first-order valence-electron chi connectivity index (χ1n) is 6.40. The third-order valence-electron chi connectivity index (χ3n) is 4.48. The minimum Gasteiger partial charge on any atom is -0.368 e. The normalized spacial score (nSPS) is 37.4. The molecule has 1 heterocycles. The van der Waals surface area contributed by atoms with E-state index in [1.54, 1.807) is 0 Å². The Morgan fingerprint density at radius 3 is 2.74 bits per heavy atom. The Morgan fingerprint density at radius 1 is 1.37 bits per heavy atom. The Labute approximate surface area is 112 Å². The molecule has 0 aromatic carbocycles. The van der Waals surface area contributed by atoms with Crippen molar-refractivity contribution in [2.24, 2.45) is 11.3 Å². The molecule has 1 aliphatic heterocycles. The van der Waals surface area contributed by atoms with Gasteiger partial charge in [0.15, 0.2) is 11.6 Å². The number of ether oxygens (including phenoxy) is 1. The van der Waals surface area contributed by atoms with Gasteiger partial charge in [-0.3, -0.25) is 9.59 Å². The first-order chi connectivity index (χ1) is 8.98. The highest BCUT2D eigenvalue weighted by molar-refractivity contribution is 6.21. The second kappa shape index (κ2) is 3.87. The first kappa shape index (κ1) is 12.3. The largest absolute Gasteiger partial charge is 0.368 e. The number of ketones is 2. The maximum atomic E-state index is 12.1. The molecule has 1 fully saturated rings. The molecule has 3 nitrogen and oxygen atoms in total. The molecule has 3 atom stereocenters. The van der Waals surface area contributed by atoms with E-state index in [9.17, 15) is 9.59 Å². The van der Waals surface area contributed by atoms with Crippen LogP contribution in [0.25, 0.3) is 0 Å². The van der Waals surface area contributed by atoms with Gasteiger partial charge in [0.25, 0.3) is 0 Å². The summed E-state index contributed by atoms with van der Waals surface area (Å²) in [4.78, 5) is 24.1. The standard InChI is InChI=1S/C16H16O3/c1-4-16(3)7-10-11(17)5-6-12(18)13(10)15-14(16)9(2)8-19-15/h4-6,14-15H,1-2,7-8H2,3H3/t14-,15-,16+/m1/s1. The first-order valence-corrected chi connectivity index (χ1v) is 6.40. The topological polar surface area (TPSA) is 43.4 Å². The number of allylic oxidation sites excluding steroid dienone is 4. The van der Waals surface area contributed by atoms with Crippen LogP contribution in [-0.4, -0.2) is 24.3 Å². The van der Waals surface area contributed by atoms with E-state index in [2.05, 4.69) is 20.1 Å². The van der Waals surface area contributed by atoms with E-state index in [0.29, 0.717) is 24.2 Å². The lowest BCUT2D eigenvalue weighted by Crippen LogP contribution is -2.42. The molecule has 3 aliphatic rings. The molecule has 0 aromatic heterocycles. The van der Waals surface area contributed by atoms with Crippen LogP contribution < -0.4 is 0 Å². The molecular weight excluding hydrogens is 240 g/mol. The number of hydrogen-bond acceptors (Lipinski definition) is 3. The zero-order chi connectivity index (χ0) is 13.8. The van der Waals surface area contributed by atoms with E-state index in [-0.39, 0.29) is 29.0 Å². The lowest BCUT2D eigenvalue weighted by Gasteiger charge is -2.42. The van der Waals surface area contributed by atoms with Gasteiger partial charge >= 0.3 is 0 Å². The Kier molecular flexibility index (Phi) is 2.51. The van der Waals surface area contributed by atoms with Crippen molar-refractivity contribution in [2.45, 2.75) is 19.4 Å². The van der Waals surface area contributed by atoms with Crippen LogP contribution in [0.3, 0.4) is 0 Å². The Morgan fingerprint density at radius 2 is 2.05 bits per heavy atom. The van der Waals surface area contributed by atoms with E-state index >= 15 is 0 Å². The summed E-state index contributed by atoms with van der Waals surface area (Å²) in [6.45, 7) is 10.5. The fourth-order valence-electron chi connectivity index (χ4n) is 3.47. The molecular formula is C16H16O3. The highest BCUT2D eigenvalue weighted by Crippen LogP contribution is 2.52. The summed E-state index contributed by atoms with van der Waals surface area (Å²) in [6, 6.07) is 0.